The summed E-state index contributed by atoms with van der Waals surface area (Å²) in [6, 6.07) is 16.6. The van der Waals surface area contributed by atoms with Gasteiger partial charge >= 0.3 is 0 Å². The minimum absolute atomic E-state index is 0.00633. The highest BCUT2D eigenvalue weighted by molar-refractivity contribution is 5.76. The number of amides is 1. The van der Waals surface area contributed by atoms with E-state index in [1.165, 1.54) is 16.8 Å². The number of para-hydroxylation sites is 2. The second kappa shape index (κ2) is 5.00. The van der Waals surface area contributed by atoms with Crippen molar-refractivity contribution in [3.8, 4) is 0 Å². The highest BCUT2D eigenvalue weighted by Gasteiger charge is 2.24. The fourth-order valence-electron chi connectivity index (χ4n) is 2.93. The van der Waals surface area contributed by atoms with Crippen LogP contribution in [0.2, 0.25) is 0 Å². The molecule has 2 aromatic carbocycles. The van der Waals surface area contributed by atoms with E-state index in [0.717, 1.165) is 12.1 Å². The van der Waals surface area contributed by atoms with E-state index >= 15 is 0 Å². The molecule has 3 heteroatoms. The van der Waals surface area contributed by atoms with Crippen molar-refractivity contribution in [2.45, 2.75) is 19.4 Å². The molecule has 0 saturated heterocycles. The predicted molar refractivity (Wildman–Crippen MR) is 81.2 cm³/mol. The molecule has 102 valence electrons. The van der Waals surface area contributed by atoms with E-state index in [1.54, 1.807) is 6.92 Å². The summed E-state index contributed by atoms with van der Waals surface area (Å²) in [7, 11) is 2.08. The van der Waals surface area contributed by atoms with Crippen LogP contribution in [0, 0.1) is 0 Å². The lowest BCUT2D eigenvalue weighted by molar-refractivity contribution is -0.119. The molecule has 1 N–H and O–H groups in total. The van der Waals surface area contributed by atoms with E-state index < -0.39 is 0 Å². The van der Waals surface area contributed by atoms with Crippen LogP contribution in [0.5, 0.6) is 0 Å². The number of rotatable bonds is 1. The largest absolute Gasteiger partial charge is 0.349 e. The van der Waals surface area contributed by atoms with Gasteiger partial charge in [-0.25, -0.2) is 0 Å². The minimum atomic E-state index is 0.00633. The molecule has 1 aliphatic heterocycles. The van der Waals surface area contributed by atoms with Crippen molar-refractivity contribution in [2.24, 2.45) is 0 Å². The molecule has 0 aromatic heterocycles. The summed E-state index contributed by atoms with van der Waals surface area (Å²) in [5.41, 5.74) is 4.77. The zero-order chi connectivity index (χ0) is 14.1. The van der Waals surface area contributed by atoms with E-state index in [9.17, 15) is 4.79 Å². The molecule has 3 rings (SSSR count). The Labute approximate surface area is 119 Å². The molecule has 1 heterocycles. The van der Waals surface area contributed by atoms with Gasteiger partial charge < -0.3 is 10.2 Å². The zero-order valence-corrected chi connectivity index (χ0v) is 11.8. The van der Waals surface area contributed by atoms with Gasteiger partial charge in [0.15, 0.2) is 0 Å². The Morgan fingerprint density at radius 1 is 1.10 bits per heavy atom. The summed E-state index contributed by atoms with van der Waals surface area (Å²) in [5, 5.41) is 3.07. The summed E-state index contributed by atoms with van der Waals surface area (Å²) < 4.78 is 0. The van der Waals surface area contributed by atoms with Crippen LogP contribution >= 0.6 is 0 Å². The molecule has 0 spiro atoms. The van der Waals surface area contributed by atoms with Gasteiger partial charge in [0.1, 0.15) is 0 Å². The Morgan fingerprint density at radius 2 is 1.75 bits per heavy atom. The van der Waals surface area contributed by atoms with Gasteiger partial charge in [0.05, 0.1) is 6.04 Å². The van der Waals surface area contributed by atoms with Crippen LogP contribution < -0.4 is 10.2 Å². The molecule has 1 aliphatic rings. The van der Waals surface area contributed by atoms with Gasteiger partial charge in [0.2, 0.25) is 5.91 Å². The summed E-state index contributed by atoms with van der Waals surface area (Å²) in [6.45, 7) is 1.57. The fourth-order valence-corrected chi connectivity index (χ4v) is 2.93. The monoisotopic (exact) mass is 266 g/mol. The Morgan fingerprint density at radius 3 is 2.50 bits per heavy atom. The molecular formula is C17H18N2O. The Kier molecular flexibility index (Phi) is 3.18. The van der Waals surface area contributed by atoms with Crippen molar-refractivity contribution in [1.82, 2.24) is 5.32 Å². The van der Waals surface area contributed by atoms with Crippen molar-refractivity contribution in [1.29, 1.82) is 0 Å². The number of carbonyl (C=O) groups is 1. The third-order valence-corrected chi connectivity index (χ3v) is 3.83. The third-order valence-electron chi connectivity index (χ3n) is 3.83. The number of nitrogens with one attached hydrogen (secondary N) is 1. The van der Waals surface area contributed by atoms with E-state index in [-0.39, 0.29) is 11.9 Å². The second-order valence-corrected chi connectivity index (χ2v) is 5.20. The van der Waals surface area contributed by atoms with Crippen LogP contribution in [0.1, 0.15) is 24.1 Å². The highest BCUT2D eigenvalue weighted by Crippen LogP contribution is 2.38. The van der Waals surface area contributed by atoms with Gasteiger partial charge in [-0.3, -0.25) is 4.79 Å². The number of hydrogen-bond donors (Lipinski definition) is 1. The summed E-state index contributed by atoms with van der Waals surface area (Å²) in [5.74, 6) is 0.00633. The molecule has 0 fully saturated rings. The van der Waals surface area contributed by atoms with E-state index in [2.05, 4.69) is 47.6 Å². The van der Waals surface area contributed by atoms with Crippen LogP contribution in [0.15, 0.2) is 48.5 Å². The van der Waals surface area contributed by atoms with Crippen LogP contribution in [0.4, 0.5) is 11.4 Å². The number of hydrogen-bond acceptors (Lipinski definition) is 2. The second-order valence-electron chi connectivity index (χ2n) is 5.20. The van der Waals surface area contributed by atoms with Crippen molar-refractivity contribution in [3.63, 3.8) is 0 Å². The van der Waals surface area contributed by atoms with E-state index in [0.29, 0.717) is 0 Å². The third kappa shape index (κ3) is 2.16. The highest BCUT2D eigenvalue weighted by atomic mass is 16.1. The lowest BCUT2D eigenvalue weighted by Crippen LogP contribution is -2.27. The van der Waals surface area contributed by atoms with Gasteiger partial charge in [0, 0.05) is 25.3 Å². The predicted octanol–water partition coefficient (Wildman–Crippen LogP) is 3.19. The number of carbonyl (C=O) groups excluding carboxylic acids is 1. The summed E-state index contributed by atoms with van der Waals surface area (Å²) >= 11 is 0. The first-order valence-electron chi connectivity index (χ1n) is 6.84. The van der Waals surface area contributed by atoms with Gasteiger partial charge in [-0.1, -0.05) is 36.4 Å². The van der Waals surface area contributed by atoms with Gasteiger partial charge in [0.25, 0.3) is 0 Å². The van der Waals surface area contributed by atoms with Crippen molar-refractivity contribution in [2.75, 3.05) is 11.9 Å². The molecule has 0 saturated carbocycles. The van der Waals surface area contributed by atoms with Crippen molar-refractivity contribution < 1.29 is 4.79 Å². The number of nitrogens with zero attached hydrogens (tertiary/aromatic N) is 1. The van der Waals surface area contributed by atoms with Crippen molar-refractivity contribution >= 4 is 17.3 Å². The number of fused-ring (bicyclic) bond motifs is 2. The maximum atomic E-state index is 11.5. The van der Waals surface area contributed by atoms with Crippen molar-refractivity contribution in [3.05, 3.63) is 59.7 Å². The number of benzene rings is 2. The lowest BCUT2D eigenvalue weighted by Gasteiger charge is -2.22. The minimum Gasteiger partial charge on any atom is -0.349 e. The molecule has 1 unspecified atom stereocenters. The summed E-state index contributed by atoms with van der Waals surface area (Å²) in [4.78, 5) is 13.7. The molecule has 0 radical (unpaired) electrons. The molecule has 20 heavy (non-hydrogen) atoms. The summed E-state index contributed by atoms with van der Waals surface area (Å²) in [6.07, 6.45) is 0.817. The average molecular weight is 266 g/mol. The van der Waals surface area contributed by atoms with E-state index in [4.69, 9.17) is 0 Å². The van der Waals surface area contributed by atoms with Crippen LogP contribution in [-0.4, -0.2) is 13.0 Å². The molecule has 1 atom stereocenters. The van der Waals surface area contributed by atoms with Gasteiger partial charge in [-0.2, -0.15) is 0 Å². The molecule has 0 bridgehead atoms. The average Bonchev–Trinajstić information content (AvgIpc) is 2.56. The standard InChI is InChI=1S/C17H18N2O/c1-12(20)18-15-11-13-7-3-5-9-16(13)19(2)17-10-6-4-8-14(15)17/h3-10,15H,11H2,1-2H3,(H,18,20). The Hall–Kier alpha value is -2.29. The first kappa shape index (κ1) is 12.7. The SMILES string of the molecule is CC(=O)NC1Cc2ccccc2N(C)c2ccccc21. The first-order valence-corrected chi connectivity index (χ1v) is 6.84. The van der Waals surface area contributed by atoms with Crippen LogP contribution in [-0.2, 0) is 11.2 Å². The molecule has 0 aliphatic carbocycles. The van der Waals surface area contributed by atoms with Gasteiger partial charge in [-0.05, 0) is 29.7 Å². The molecule has 2 aromatic rings. The smallest absolute Gasteiger partial charge is 0.217 e. The lowest BCUT2D eigenvalue weighted by atomic mass is 9.99. The topological polar surface area (TPSA) is 32.3 Å². The quantitative estimate of drug-likeness (QED) is 0.859. The zero-order valence-electron chi connectivity index (χ0n) is 11.8. The first-order chi connectivity index (χ1) is 9.66. The fraction of sp³-hybridized carbons (Fsp3) is 0.235. The molecule has 3 nitrogen and oxygen atoms in total. The molecule has 1 amide bonds. The van der Waals surface area contributed by atoms with Crippen LogP contribution in [0.25, 0.3) is 0 Å². The number of anilines is 2. The van der Waals surface area contributed by atoms with Gasteiger partial charge in [-0.15, -0.1) is 0 Å². The Balaban J connectivity index is 2.15. The Bertz CT molecular complexity index is 651. The van der Waals surface area contributed by atoms with E-state index in [1.807, 2.05) is 18.2 Å². The maximum Gasteiger partial charge on any atom is 0.217 e. The normalized spacial score (nSPS) is 16.9. The maximum absolute atomic E-state index is 11.5. The van der Waals surface area contributed by atoms with Crippen LogP contribution in [0.3, 0.4) is 0 Å². The molecular weight excluding hydrogens is 248 g/mol.